The Labute approximate surface area is 149 Å². The third-order valence-electron chi connectivity index (χ3n) is 4.23. The highest BCUT2D eigenvalue weighted by Crippen LogP contribution is 2.33. The van der Waals surface area contributed by atoms with Crippen LogP contribution in [-0.4, -0.2) is 39.0 Å². The van der Waals surface area contributed by atoms with Crippen LogP contribution in [0.5, 0.6) is 5.75 Å². The average Bonchev–Trinajstić information content (AvgIpc) is 2.49. The van der Waals surface area contributed by atoms with E-state index in [4.69, 9.17) is 22.1 Å². The van der Waals surface area contributed by atoms with Crippen molar-refractivity contribution in [3.63, 3.8) is 0 Å². The number of benzene rings is 1. The number of sulfonamides is 1. The van der Waals surface area contributed by atoms with Crippen LogP contribution >= 0.6 is 24.0 Å². The highest BCUT2D eigenvalue weighted by Gasteiger charge is 2.32. The van der Waals surface area contributed by atoms with Crippen LogP contribution in [0.25, 0.3) is 0 Å². The number of piperidine rings is 1. The van der Waals surface area contributed by atoms with Gasteiger partial charge in [0.05, 0.1) is 17.0 Å². The van der Waals surface area contributed by atoms with Crippen molar-refractivity contribution in [1.29, 1.82) is 0 Å². The summed E-state index contributed by atoms with van der Waals surface area (Å²) < 4.78 is 32.5. The van der Waals surface area contributed by atoms with Crippen LogP contribution in [0.2, 0.25) is 5.02 Å². The van der Waals surface area contributed by atoms with Gasteiger partial charge in [-0.15, -0.1) is 12.4 Å². The van der Waals surface area contributed by atoms with Gasteiger partial charge in [-0.05, 0) is 50.3 Å². The molecule has 23 heavy (non-hydrogen) atoms. The monoisotopic (exact) mass is 382 g/mol. The Kier molecular flexibility index (Phi) is 7.16. The maximum absolute atomic E-state index is 12.9. The highest BCUT2D eigenvalue weighted by molar-refractivity contribution is 7.89. The molecule has 2 atom stereocenters. The number of halogens is 2. The predicted molar refractivity (Wildman–Crippen MR) is 95.1 cm³/mol. The molecule has 1 aromatic carbocycles. The van der Waals surface area contributed by atoms with Crippen molar-refractivity contribution < 1.29 is 13.2 Å². The van der Waals surface area contributed by atoms with Crippen LogP contribution < -0.4 is 10.5 Å². The standard InChI is InChI=1S/C15H23ClN2O3S.ClH/c1-10-7-14(21-3)13(16)8-15(10)22(19,20)18-6-4-5-12(9-18)11(2)17;/h7-8,11-12H,4-6,9,17H2,1-3H3;1H. The summed E-state index contributed by atoms with van der Waals surface area (Å²) >= 11 is 6.10. The summed E-state index contributed by atoms with van der Waals surface area (Å²) in [4.78, 5) is 0.239. The van der Waals surface area contributed by atoms with Gasteiger partial charge < -0.3 is 10.5 Å². The molecule has 1 aliphatic heterocycles. The number of rotatable bonds is 4. The Hall–Kier alpha value is -0.530. The lowest BCUT2D eigenvalue weighted by atomic mass is 9.93. The van der Waals surface area contributed by atoms with E-state index < -0.39 is 10.0 Å². The Morgan fingerprint density at radius 1 is 1.43 bits per heavy atom. The summed E-state index contributed by atoms with van der Waals surface area (Å²) in [7, 11) is -2.06. The van der Waals surface area contributed by atoms with Gasteiger partial charge in [-0.3, -0.25) is 0 Å². The molecule has 0 aromatic heterocycles. The van der Waals surface area contributed by atoms with Gasteiger partial charge in [-0.2, -0.15) is 4.31 Å². The van der Waals surface area contributed by atoms with Gasteiger partial charge in [-0.25, -0.2) is 8.42 Å². The van der Waals surface area contributed by atoms with E-state index in [0.29, 0.717) is 29.4 Å². The SMILES string of the molecule is COc1cc(C)c(S(=O)(=O)N2CCCC(C(C)N)C2)cc1Cl.Cl. The van der Waals surface area contributed by atoms with Crippen LogP contribution in [0.1, 0.15) is 25.3 Å². The minimum atomic E-state index is -3.57. The van der Waals surface area contributed by atoms with E-state index in [1.54, 1.807) is 13.0 Å². The van der Waals surface area contributed by atoms with Gasteiger partial charge in [0.1, 0.15) is 5.75 Å². The molecule has 132 valence electrons. The fourth-order valence-electron chi connectivity index (χ4n) is 2.83. The number of ether oxygens (including phenoxy) is 1. The summed E-state index contributed by atoms with van der Waals surface area (Å²) in [6, 6.07) is 3.11. The zero-order valence-corrected chi connectivity index (χ0v) is 16.0. The molecule has 8 heteroatoms. The lowest BCUT2D eigenvalue weighted by Crippen LogP contribution is -2.45. The van der Waals surface area contributed by atoms with Crippen LogP contribution in [0.15, 0.2) is 17.0 Å². The molecule has 0 aliphatic carbocycles. The minimum Gasteiger partial charge on any atom is -0.495 e. The Morgan fingerprint density at radius 2 is 2.09 bits per heavy atom. The van der Waals surface area contributed by atoms with Crippen molar-refractivity contribution in [3.8, 4) is 5.75 Å². The van der Waals surface area contributed by atoms with Gasteiger partial charge in [-0.1, -0.05) is 11.6 Å². The molecular weight excluding hydrogens is 359 g/mol. The van der Waals surface area contributed by atoms with E-state index in [0.717, 1.165) is 12.8 Å². The molecule has 0 bridgehead atoms. The normalized spacial score (nSPS) is 20.7. The van der Waals surface area contributed by atoms with E-state index in [1.807, 2.05) is 6.92 Å². The fourth-order valence-corrected chi connectivity index (χ4v) is 4.91. The maximum Gasteiger partial charge on any atom is 0.243 e. The summed E-state index contributed by atoms with van der Waals surface area (Å²) in [5.74, 6) is 0.669. The van der Waals surface area contributed by atoms with Gasteiger partial charge >= 0.3 is 0 Å². The topological polar surface area (TPSA) is 72.6 Å². The molecule has 0 spiro atoms. The second kappa shape index (κ2) is 8.03. The Balaban J connectivity index is 0.00000264. The van der Waals surface area contributed by atoms with Crippen molar-refractivity contribution in [3.05, 3.63) is 22.7 Å². The Bertz CT molecular complexity index is 650. The highest BCUT2D eigenvalue weighted by atomic mass is 35.5. The molecule has 1 aliphatic rings. The van der Waals surface area contributed by atoms with Crippen LogP contribution in [0.3, 0.4) is 0 Å². The molecule has 0 radical (unpaired) electrons. The lowest BCUT2D eigenvalue weighted by molar-refractivity contribution is 0.243. The number of nitrogens with two attached hydrogens (primary N) is 1. The number of methoxy groups -OCH3 is 1. The fraction of sp³-hybridized carbons (Fsp3) is 0.600. The summed E-state index contributed by atoms with van der Waals surface area (Å²) in [6.45, 7) is 4.66. The van der Waals surface area contributed by atoms with Crippen LogP contribution in [0, 0.1) is 12.8 Å². The third kappa shape index (κ3) is 4.31. The number of hydrogen-bond acceptors (Lipinski definition) is 4. The van der Waals surface area contributed by atoms with E-state index >= 15 is 0 Å². The zero-order chi connectivity index (χ0) is 16.5. The second-order valence-electron chi connectivity index (χ2n) is 5.88. The summed E-state index contributed by atoms with van der Waals surface area (Å²) in [6.07, 6.45) is 1.79. The predicted octanol–water partition coefficient (Wildman–Crippen LogP) is 2.83. The van der Waals surface area contributed by atoms with Gasteiger partial charge in [0, 0.05) is 19.1 Å². The van der Waals surface area contributed by atoms with Crippen molar-refractivity contribution in [2.24, 2.45) is 11.7 Å². The molecule has 1 aromatic rings. The molecule has 0 saturated carbocycles. The third-order valence-corrected chi connectivity index (χ3v) is 6.53. The molecule has 5 nitrogen and oxygen atoms in total. The zero-order valence-electron chi connectivity index (χ0n) is 13.6. The quantitative estimate of drug-likeness (QED) is 0.868. The molecular formula is C15H24Cl2N2O3S. The molecule has 0 amide bonds. The maximum atomic E-state index is 12.9. The van der Waals surface area contributed by atoms with E-state index in [2.05, 4.69) is 0 Å². The van der Waals surface area contributed by atoms with Crippen molar-refractivity contribution >= 4 is 34.0 Å². The first kappa shape index (κ1) is 20.5. The molecule has 2 N–H and O–H groups in total. The molecule has 2 rings (SSSR count). The van der Waals surface area contributed by atoms with Crippen molar-refractivity contribution in [2.45, 2.75) is 37.6 Å². The number of hydrogen-bond donors (Lipinski definition) is 1. The first-order valence-electron chi connectivity index (χ1n) is 7.37. The summed E-state index contributed by atoms with van der Waals surface area (Å²) in [5.41, 5.74) is 6.57. The average molecular weight is 383 g/mol. The van der Waals surface area contributed by atoms with E-state index in [9.17, 15) is 8.42 Å². The lowest BCUT2D eigenvalue weighted by Gasteiger charge is -2.34. The first-order chi connectivity index (χ1) is 10.3. The van der Waals surface area contributed by atoms with Crippen molar-refractivity contribution in [1.82, 2.24) is 4.31 Å². The minimum absolute atomic E-state index is 0. The Morgan fingerprint density at radius 3 is 2.65 bits per heavy atom. The number of aryl methyl sites for hydroxylation is 1. The van der Waals surface area contributed by atoms with Gasteiger partial charge in [0.15, 0.2) is 0 Å². The van der Waals surface area contributed by atoms with E-state index in [1.165, 1.54) is 17.5 Å². The molecule has 1 saturated heterocycles. The van der Waals surface area contributed by atoms with Crippen LogP contribution in [0.4, 0.5) is 0 Å². The largest absolute Gasteiger partial charge is 0.495 e. The molecule has 1 fully saturated rings. The van der Waals surface area contributed by atoms with Crippen molar-refractivity contribution in [2.75, 3.05) is 20.2 Å². The van der Waals surface area contributed by atoms with Gasteiger partial charge in [0.2, 0.25) is 10.0 Å². The molecule has 2 unspecified atom stereocenters. The van der Waals surface area contributed by atoms with Gasteiger partial charge in [0.25, 0.3) is 0 Å². The summed E-state index contributed by atoms with van der Waals surface area (Å²) in [5, 5.41) is 0.299. The number of nitrogens with zero attached hydrogens (tertiary/aromatic N) is 1. The molecule has 1 heterocycles. The smallest absolute Gasteiger partial charge is 0.243 e. The second-order valence-corrected chi connectivity index (χ2v) is 8.19. The van der Waals surface area contributed by atoms with E-state index in [-0.39, 0.29) is 29.3 Å². The first-order valence-corrected chi connectivity index (χ1v) is 9.19. The van der Waals surface area contributed by atoms with Crippen LogP contribution in [-0.2, 0) is 10.0 Å².